The topological polar surface area (TPSA) is 40.1 Å². The van der Waals surface area contributed by atoms with Crippen LogP contribution in [0.3, 0.4) is 0 Å². The minimum Gasteiger partial charge on any atom is -1.00 e. The van der Waals surface area contributed by atoms with Crippen molar-refractivity contribution in [2.75, 3.05) is 0 Å². The van der Waals surface area contributed by atoms with Gasteiger partial charge in [-0.15, -0.1) is 0 Å². The minimum atomic E-state index is -0.500. The molecule has 0 rings (SSSR count). The third kappa shape index (κ3) is 117. The second-order valence-electron chi connectivity index (χ2n) is 0.0962. The zero-order chi connectivity index (χ0) is 2.71. The van der Waals surface area contributed by atoms with Gasteiger partial charge in [0.25, 0.3) is 0 Å². The van der Waals surface area contributed by atoms with E-state index in [1.165, 1.54) is 0 Å². The van der Waals surface area contributed by atoms with Gasteiger partial charge >= 0.3 is 76.2 Å². The average Bonchev–Trinajstić information content (AvgIpc) is 0.918. The molecule has 0 fully saturated rings. The molecule has 0 heterocycles. The van der Waals surface area contributed by atoms with Gasteiger partial charge in [0, 0.05) is 8.41 Å². The summed E-state index contributed by atoms with van der Waals surface area (Å²) in [5, 5.41) is 8.25. The predicted octanol–water partition coefficient (Wildman–Crippen LogP) is -6.68. The van der Waals surface area contributed by atoms with E-state index in [1.54, 1.807) is 0 Å². The smallest absolute Gasteiger partial charge is 1.00 e. The van der Waals surface area contributed by atoms with Crippen LogP contribution in [-0.2, 0) is 4.70 Å². The number of hydrogen-bond acceptors (Lipinski definition) is 2. The van der Waals surface area contributed by atoms with Gasteiger partial charge in [0.1, 0.15) is 0 Å². The van der Waals surface area contributed by atoms with Gasteiger partial charge < -0.3 is 1.43 Å². The van der Waals surface area contributed by atoms with E-state index in [9.17, 15) is 0 Å². The normalized spacial score (nSPS) is 1.00. The van der Waals surface area contributed by atoms with Crippen molar-refractivity contribution in [2.45, 2.75) is 14.9 Å². The van der Waals surface area contributed by atoms with Crippen LogP contribution in [0.15, 0.2) is 0 Å². The first-order valence-electron chi connectivity index (χ1n) is 0.471. The molecule has 0 N–H and O–H groups in total. The van der Waals surface area contributed by atoms with E-state index in [1.807, 2.05) is 0 Å². The van der Waals surface area contributed by atoms with Crippen LogP contribution >= 0.6 is 0 Å². The molecule has 0 atom stereocenters. The van der Waals surface area contributed by atoms with Gasteiger partial charge in [0.05, 0.1) is 0 Å². The second-order valence-corrected chi connectivity index (χ2v) is 0.0962. The Balaban J connectivity index is -0.00000000133. The number of rotatable bonds is 0. The van der Waals surface area contributed by atoms with Crippen LogP contribution in [0, 0.1) is 0 Å². The molecule has 0 unspecified atom stereocenters. The average molecular weight is 133 g/mol. The van der Waals surface area contributed by atoms with Gasteiger partial charge in [-0.25, -0.2) is 0 Å². The van der Waals surface area contributed by atoms with E-state index < -0.39 is 7.35 Å². The summed E-state index contributed by atoms with van der Waals surface area (Å²) in [6, 6.07) is 0. The van der Waals surface area contributed by atoms with Gasteiger partial charge in [-0.2, -0.15) is 0 Å². The van der Waals surface area contributed by atoms with Crippen LogP contribution in [-0.4, -0.2) is 15.8 Å². The summed E-state index contributed by atoms with van der Waals surface area (Å²) >= 11 is 0. The summed E-state index contributed by atoms with van der Waals surface area (Å²) in [6.07, 6.45) is 0. The molecule has 0 aliphatic rings. The molecule has 0 saturated heterocycles. The first kappa shape index (κ1) is 53.3. The van der Waals surface area contributed by atoms with E-state index in [0.717, 1.165) is 0 Å². The monoisotopic (exact) mass is 133 g/mol. The molecule has 2 nitrogen and oxygen atoms in total. The molecule has 6 heteroatoms. The Kier molecular flexibility index (Phi) is 466. The van der Waals surface area contributed by atoms with E-state index in [2.05, 4.69) is 0 Å². The molecule has 37 valence electrons. The fourth-order valence-corrected chi connectivity index (χ4v) is 0. The zero-order valence-electron chi connectivity index (χ0n) is 4.97. The van der Waals surface area contributed by atoms with Crippen LogP contribution < -0.4 is 64.1 Å². The standard InChI is InChI=1S/2CH4.BO2.B.2Na.H/c;;2-1-3;;;;/h2*1H4;;;;;/q;;-1;;2*+1;-1. The van der Waals surface area contributed by atoms with Crippen molar-refractivity contribution in [3.05, 3.63) is 0 Å². The molecule has 0 aliphatic carbocycles. The number of hydrogen-bond donors (Lipinski definition) is 0. The molecule has 0 saturated carbocycles. The zero-order valence-corrected chi connectivity index (χ0v) is 7.97. The fraction of sp³-hybridized carbons (Fsp3) is 1.00. The van der Waals surface area contributed by atoms with Crippen molar-refractivity contribution >= 4 is 15.8 Å². The molecule has 0 aromatic carbocycles. The first-order chi connectivity index (χ1) is 1.41. The summed E-state index contributed by atoms with van der Waals surface area (Å²) in [5.41, 5.74) is 0. The molecule has 0 aromatic heterocycles. The largest absolute Gasteiger partial charge is 1.00 e. The van der Waals surface area contributed by atoms with Crippen molar-refractivity contribution in [2.24, 2.45) is 0 Å². The summed E-state index contributed by atoms with van der Waals surface area (Å²) in [6.45, 7) is 0. The van der Waals surface area contributed by atoms with Crippen LogP contribution in [0.5, 0.6) is 0 Å². The van der Waals surface area contributed by atoms with Crippen LogP contribution in [0.4, 0.5) is 0 Å². The van der Waals surface area contributed by atoms with Gasteiger partial charge in [0.2, 0.25) is 0 Å². The molecular weight excluding hydrogens is 124 g/mol. The van der Waals surface area contributed by atoms with Gasteiger partial charge in [0.15, 0.2) is 0 Å². The Labute approximate surface area is 99.7 Å². The van der Waals surface area contributed by atoms with E-state index >= 15 is 0 Å². The Hall–Kier alpha value is 1.73. The van der Waals surface area contributed by atoms with Gasteiger partial charge in [-0.1, -0.05) is 14.9 Å². The third-order valence-corrected chi connectivity index (χ3v) is 0. The summed E-state index contributed by atoms with van der Waals surface area (Å²) in [7, 11) is -0.500. The molecule has 0 spiro atoms. The molecule has 8 heavy (non-hydrogen) atoms. The molecule has 0 aromatic rings. The van der Waals surface area contributed by atoms with Crippen molar-refractivity contribution in [1.29, 1.82) is 0 Å². The summed E-state index contributed by atoms with van der Waals surface area (Å²) in [5.74, 6) is 0. The Bertz CT molecular complexity index is 28.0. The van der Waals surface area contributed by atoms with Crippen LogP contribution in [0.1, 0.15) is 16.3 Å². The minimum absolute atomic E-state index is 0. The molecular formula is C2H9B2Na2O2. The fourth-order valence-electron chi connectivity index (χ4n) is 0. The van der Waals surface area contributed by atoms with Crippen molar-refractivity contribution in [1.82, 2.24) is 0 Å². The maximum absolute atomic E-state index is 8.25. The molecule has 3 radical (unpaired) electrons. The molecule has 0 bridgehead atoms. The summed E-state index contributed by atoms with van der Waals surface area (Å²) in [4.78, 5) is 0. The van der Waals surface area contributed by atoms with Crippen LogP contribution in [0.25, 0.3) is 0 Å². The second kappa shape index (κ2) is 70.0. The van der Waals surface area contributed by atoms with Crippen LogP contribution in [0.2, 0.25) is 0 Å². The SMILES string of the molecule is C.C.O=B[O-].[B].[H-].[Na+].[Na+]. The Morgan fingerprint density at radius 1 is 1.25 bits per heavy atom. The Morgan fingerprint density at radius 3 is 1.25 bits per heavy atom. The van der Waals surface area contributed by atoms with Gasteiger partial charge in [-0.3, -0.25) is 0 Å². The maximum Gasteiger partial charge on any atom is 1.00 e. The van der Waals surface area contributed by atoms with Crippen molar-refractivity contribution in [3.63, 3.8) is 0 Å². The Morgan fingerprint density at radius 2 is 1.25 bits per heavy atom. The van der Waals surface area contributed by atoms with Crippen molar-refractivity contribution in [3.8, 4) is 0 Å². The van der Waals surface area contributed by atoms with E-state index in [-0.39, 0.29) is 83.8 Å². The first-order valence-corrected chi connectivity index (χ1v) is 0.471. The summed E-state index contributed by atoms with van der Waals surface area (Å²) < 4.78 is 8.25. The molecule has 0 aliphatic heterocycles. The third-order valence-electron chi connectivity index (χ3n) is 0. The van der Waals surface area contributed by atoms with E-state index in [0.29, 0.717) is 0 Å². The quantitative estimate of drug-likeness (QED) is 0.308. The van der Waals surface area contributed by atoms with Gasteiger partial charge in [-0.05, 0) is 0 Å². The molecule has 0 amide bonds. The predicted molar refractivity (Wildman–Crippen MR) is 26.8 cm³/mol. The van der Waals surface area contributed by atoms with E-state index in [4.69, 9.17) is 9.73 Å². The maximum atomic E-state index is 8.25. The van der Waals surface area contributed by atoms with Crippen molar-refractivity contribution < 1.29 is 70.3 Å².